The van der Waals surface area contributed by atoms with Crippen molar-refractivity contribution in [3.63, 3.8) is 0 Å². The van der Waals surface area contributed by atoms with Gasteiger partial charge in [-0.05, 0) is 44.7 Å². The highest BCUT2D eigenvalue weighted by molar-refractivity contribution is 5.79. The normalized spacial score (nSPS) is 20.0. The van der Waals surface area contributed by atoms with Crippen molar-refractivity contribution in [2.75, 3.05) is 39.5 Å². The highest BCUT2D eigenvalue weighted by atomic mass is 16.5. The average Bonchev–Trinajstić information content (AvgIpc) is 3.11. The fraction of sp³-hybridized carbons (Fsp3) is 0.667. The predicted octanol–water partition coefficient (Wildman–Crippen LogP) is 2.86. The third-order valence-corrected chi connectivity index (χ3v) is 4.53. The molecule has 0 saturated carbocycles. The maximum absolute atomic E-state index is 5.84. The Morgan fingerprint density at radius 1 is 1.19 bits per heavy atom. The van der Waals surface area contributed by atoms with Crippen LogP contribution in [0.25, 0.3) is 0 Å². The maximum atomic E-state index is 5.84. The van der Waals surface area contributed by atoms with E-state index in [1.165, 1.54) is 5.56 Å². The molecule has 1 atom stereocenters. The van der Waals surface area contributed by atoms with Crippen LogP contribution in [-0.2, 0) is 27.4 Å². The molecule has 1 aliphatic rings. The summed E-state index contributed by atoms with van der Waals surface area (Å²) < 4.78 is 16.8. The molecule has 0 amide bonds. The third-order valence-electron chi connectivity index (χ3n) is 4.53. The van der Waals surface area contributed by atoms with E-state index in [4.69, 9.17) is 19.2 Å². The summed E-state index contributed by atoms with van der Waals surface area (Å²) in [4.78, 5) is 4.72. The van der Waals surface area contributed by atoms with Gasteiger partial charge in [-0.1, -0.05) is 24.3 Å². The number of aliphatic imine (C=N–C) groups is 1. The summed E-state index contributed by atoms with van der Waals surface area (Å²) in [7, 11) is 0. The summed E-state index contributed by atoms with van der Waals surface area (Å²) in [5.41, 5.74) is 2.24. The number of hydrogen-bond donors (Lipinski definition) is 2. The van der Waals surface area contributed by atoms with E-state index in [1.54, 1.807) is 0 Å². The number of rotatable bonds is 11. The fourth-order valence-corrected chi connectivity index (χ4v) is 3.03. The lowest BCUT2D eigenvalue weighted by Crippen LogP contribution is -2.45. The standard InChI is InChI=1S/C21H35N3O3/c1-4-22-20(24-17-21(3)10-7-11-27-21)23-15-18-8-6-9-19(14-18)16-26-13-12-25-5-2/h6,8-9,14H,4-5,7,10-13,15-17H2,1-3H3,(H2,22,23,24). The number of ether oxygens (including phenoxy) is 3. The zero-order valence-electron chi connectivity index (χ0n) is 17.1. The van der Waals surface area contributed by atoms with Crippen molar-refractivity contribution in [1.29, 1.82) is 0 Å². The summed E-state index contributed by atoms with van der Waals surface area (Å²) in [6, 6.07) is 8.38. The second-order valence-corrected chi connectivity index (χ2v) is 7.02. The topological polar surface area (TPSA) is 64.1 Å². The molecule has 2 rings (SSSR count). The molecule has 27 heavy (non-hydrogen) atoms. The van der Waals surface area contributed by atoms with E-state index in [0.717, 1.165) is 50.7 Å². The Labute approximate surface area is 163 Å². The van der Waals surface area contributed by atoms with Crippen molar-refractivity contribution < 1.29 is 14.2 Å². The quantitative estimate of drug-likeness (QED) is 0.353. The minimum absolute atomic E-state index is 0.0884. The molecule has 1 saturated heterocycles. The van der Waals surface area contributed by atoms with Crippen LogP contribution in [0.3, 0.4) is 0 Å². The Morgan fingerprint density at radius 3 is 2.74 bits per heavy atom. The zero-order chi connectivity index (χ0) is 19.4. The van der Waals surface area contributed by atoms with Gasteiger partial charge < -0.3 is 24.8 Å². The van der Waals surface area contributed by atoms with Gasteiger partial charge >= 0.3 is 0 Å². The first-order chi connectivity index (χ1) is 13.1. The fourth-order valence-electron chi connectivity index (χ4n) is 3.03. The summed E-state index contributed by atoms with van der Waals surface area (Å²) in [5.74, 6) is 0.826. The summed E-state index contributed by atoms with van der Waals surface area (Å²) in [6.45, 7) is 11.9. The average molecular weight is 378 g/mol. The lowest BCUT2D eigenvalue weighted by atomic mass is 10.0. The minimum Gasteiger partial charge on any atom is -0.379 e. The molecule has 6 heteroatoms. The Hall–Kier alpha value is -1.63. The van der Waals surface area contributed by atoms with Gasteiger partial charge in [-0.3, -0.25) is 0 Å². The molecule has 0 radical (unpaired) electrons. The van der Waals surface area contributed by atoms with Gasteiger partial charge in [0.05, 0.1) is 32.0 Å². The second-order valence-electron chi connectivity index (χ2n) is 7.02. The van der Waals surface area contributed by atoms with E-state index in [1.807, 2.05) is 6.92 Å². The molecule has 1 aromatic carbocycles. The maximum Gasteiger partial charge on any atom is 0.191 e. The Morgan fingerprint density at radius 2 is 2.00 bits per heavy atom. The van der Waals surface area contributed by atoms with Crippen LogP contribution < -0.4 is 10.6 Å². The van der Waals surface area contributed by atoms with E-state index in [2.05, 4.69) is 48.7 Å². The van der Waals surface area contributed by atoms with Crippen LogP contribution in [0.15, 0.2) is 29.3 Å². The summed E-state index contributed by atoms with van der Waals surface area (Å²) in [6.07, 6.45) is 2.22. The molecule has 1 fully saturated rings. The van der Waals surface area contributed by atoms with E-state index in [-0.39, 0.29) is 5.60 Å². The van der Waals surface area contributed by atoms with Gasteiger partial charge in [0.15, 0.2) is 5.96 Å². The third kappa shape index (κ3) is 8.28. The number of nitrogens with zero attached hydrogens (tertiary/aromatic N) is 1. The van der Waals surface area contributed by atoms with Crippen molar-refractivity contribution in [3.8, 4) is 0 Å². The molecule has 0 aromatic heterocycles. The van der Waals surface area contributed by atoms with Crippen molar-refractivity contribution in [2.45, 2.75) is 52.4 Å². The minimum atomic E-state index is -0.0884. The van der Waals surface area contributed by atoms with Gasteiger partial charge in [-0.15, -0.1) is 0 Å². The van der Waals surface area contributed by atoms with Crippen molar-refractivity contribution in [3.05, 3.63) is 35.4 Å². The van der Waals surface area contributed by atoms with Crippen molar-refractivity contribution in [1.82, 2.24) is 10.6 Å². The van der Waals surface area contributed by atoms with Crippen molar-refractivity contribution >= 4 is 5.96 Å². The van der Waals surface area contributed by atoms with Crippen LogP contribution in [0.5, 0.6) is 0 Å². The second kappa shape index (κ2) is 12.0. The Kier molecular flexibility index (Phi) is 9.59. The smallest absolute Gasteiger partial charge is 0.191 e. The van der Waals surface area contributed by atoms with Crippen LogP contribution in [0.1, 0.15) is 44.7 Å². The Bertz CT molecular complexity index is 572. The van der Waals surface area contributed by atoms with E-state index >= 15 is 0 Å². The largest absolute Gasteiger partial charge is 0.379 e. The van der Waals surface area contributed by atoms with E-state index in [0.29, 0.717) is 26.4 Å². The molecule has 2 N–H and O–H groups in total. The molecule has 1 aliphatic heterocycles. The molecule has 1 heterocycles. The number of nitrogens with one attached hydrogen (secondary N) is 2. The molecular formula is C21H35N3O3. The molecule has 152 valence electrons. The van der Waals surface area contributed by atoms with Gasteiger partial charge in [0.25, 0.3) is 0 Å². The van der Waals surface area contributed by atoms with Crippen LogP contribution in [0.4, 0.5) is 0 Å². The van der Waals surface area contributed by atoms with Crippen LogP contribution in [0.2, 0.25) is 0 Å². The van der Waals surface area contributed by atoms with Gasteiger partial charge in [0.2, 0.25) is 0 Å². The first-order valence-electron chi connectivity index (χ1n) is 10.0. The lowest BCUT2D eigenvalue weighted by Gasteiger charge is -2.24. The van der Waals surface area contributed by atoms with Crippen LogP contribution >= 0.6 is 0 Å². The highest BCUT2D eigenvalue weighted by Gasteiger charge is 2.29. The van der Waals surface area contributed by atoms with Gasteiger partial charge in [0, 0.05) is 26.3 Å². The van der Waals surface area contributed by atoms with Crippen LogP contribution in [-0.4, -0.2) is 51.1 Å². The first kappa shape index (κ1) is 21.7. The van der Waals surface area contributed by atoms with Gasteiger partial charge in [-0.2, -0.15) is 0 Å². The Balaban J connectivity index is 1.84. The zero-order valence-corrected chi connectivity index (χ0v) is 17.1. The molecule has 1 aromatic rings. The number of guanidine groups is 1. The summed E-state index contributed by atoms with van der Waals surface area (Å²) in [5, 5.41) is 6.72. The SMILES string of the molecule is CCNC(=NCc1cccc(COCCOCC)c1)NCC1(C)CCCO1. The van der Waals surface area contributed by atoms with Gasteiger partial charge in [-0.25, -0.2) is 4.99 Å². The molecule has 0 bridgehead atoms. The van der Waals surface area contributed by atoms with Crippen molar-refractivity contribution in [2.24, 2.45) is 4.99 Å². The number of benzene rings is 1. The first-order valence-corrected chi connectivity index (χ1v) is 10.0. The van der Waals surface area contributed by atoms with Gasteiger partial charge in [0.1, 0.15) is 0 Å². The predicted molar refractivity (Wildman–Crippen MR) is 109 cm³/mol. The van der Waals surface area contributed by atoms with E-state index < -0.39 is 0 Å². The summed E-state index contributed by atoms with van der Waals surface area (Å²) >= 11 is 0. The molecule has 6 nitrogen and oxygen atoms in total. The molecule has 0 spiro atoms. The lowest BCUT2D eigenvalue weighted by molar-refractivity contribution is 0.0243. The number of hydrogen-bond acceptors (Lipinski definition) is 4. The molecular weight excluding hydrogens is 342 g/mol. The highest BCUT2D eigenvalue weighted by Crippen LogP contribution is 2.23. The van der Waals surface area contributed by atoms with Crippen LogP contribution in [0, 0.1) is 0 Å². The molecule has 1 unspecified atom stereocenters. The van der Waals surface area contributed by atoms with E-state index in [9.17, 15) is 0 Å². The molecule has 0 aliphatic carbocycles. The monoisotopic (exact) mass is 377 g/mol.